The van der Waals surface area contributed by atoms with Crippen LogP contribution in [0, 0.1) is 5.92 Å². The highest BCUT2D eigenvalue weighted by Crippen LogP contribution is 2.34. The van der Waals surface area contributed by atoms with Gasteiger partial charge in [-0.2, -0.15) is 4.72 Å². The number of carbonyl (C=O) groups is 2. The molecule has 32 heavy (non-hydrogen) atoms. The Hall–Kier alpha value is -2.71. The molecule has 1 heterocycles. The van der Waals surface area contributed by atoms with Crippen molar-refractivity contribution in [2.45, 2.75) is 64.1 Å². The van der Waals surface area contributed by atoms with Gasteiger partial charge in [0.15, 0.2) is 0 Å². The van der Waals surface area contributed by atoms with Crippen LogP contribution >= 0.6 is 0 Å². The maximum atomic E-state index is 13.1. The topological polar surface area (TPSA) is 95.6 Å². The lowest BCUT2D eigenvalue weighted by atomic mass is 10.0. The largest absolute Gasteiger partial charge is 0.348 e. The number of hydrogen-bond donors (Lipinski definition) is 2. The van der Waals surface area contributed by atoms with Gasteiger partial charge in [0.05, 0.1) is 10.9 Å². The maximum Gasteiger partial charge on any atom is 0.241 e. The number of fused-ring (bicyclic) bond motifs is 1. The Kier molecular flexibility index (Phi) is 7.05. The molecule has 3 atom stereocenters. The molecule has 2 aromatic carbocycles. The van der Waals surface area contributed by atoms with Gasteiger partial charge in [-0.1, -0.05) is 44.2 Å². The Morgan fingerprint density at radius 2 is 1.72 bits per heavy atom. The molecule has 0 spiro atoms. The second kappa shape index (κ2) is 9.42. The van der Waals surface area contributed by atoms with Crippen molar-refractivity contribution in [3.8, 4) is 0 Å². The van der Waals surface area contributed by atoms with Crippen LogP contribution in [0.3, 0.4) is 0 Å². The Labute approximate surface area is 190 Å². The number of nitrogens with one attached hydrogen (secondary N) is 2. The van der Waals surface area contributed by atoms with Crippen molar-refractivity contribution in [3.63, 3.8) is 0 Å². The van der Waals surface area contributed by atoms with Crippen molar-refractivity contribution < 1.29 is 18.0 Å². The highest BCUT2D eigenvalue weighted by atomic mass is 32.2. The number of carbonyl (C=O) groups excluding carboxylic acids is 2. The van der Waals surface area contributed by atoms with Crippen molar-refractivity contribution in [2.24, 2.45) is 5.92 Å². The summed E-state index contributed by atoms with van der Waals surface area (Å²) in [6.45, 7) is 8.90. The van der Waals surface area contributed by atoms with E-state index < -0.39 is 16.1 Å². The average molecular weight is 458 g/mol. The highest BCUT2D eigenvalue weighted by Gasteiger charge is 2.32. The van der Waals surface area contributed by atoms with E-state index in [4.69, 9.17) is 0 Å². The molecule has 2 N–H and O–H groups in total. The van der Waals surface area contributed by atoms with Gasteiger partial charge in [-0.05, 0) is 55.5 Å². The molecule has 1 aliphatic rings. The number of benzene rings is 2. The normalized spacial score (nSPS) is 17.7. The van der Waals surface area contributed by atoms with Crippen LogP contribution in [0.2, 0.25) is 0 Å². The van der Waals surface area contributed by atoms with Crippen molar-refractivity contribution in [1.29, 1.82) is 0 Å². The fourth-order valence-corrected chi connectivity index (χ4v) is 5.50. The monoisotopic (exact) mass is 457 g/mol. The summed E-state index contributed by atoms with van der Waals surface area (Å²) < 4.78 is 28.8. The van der Waals surface area contributed by atoms with Crippen LogP contribution < -0.4 is 14.9 Å². The van der Waals surface area contributed by atoms with E-state index in [9.17, 15) is 18.0 Å². The minimum atomic E-state index is -3.94. The third kappa shape index (κ3) is 5.02. The molecule has 3 rings (SSSR count). The zero-order chi connectivity index (χ0) is 23.6. The summed E-state index contributed by atoms with van der Waals surface area (Å²) in [4.78, 5) is 26.6. The molecular weight excluding hydrogens is 426 g/mol. The number of anilines is 1. The molecular formula is C24H31N3O4S. The van der Waals surface area contributed by atoms with Crippen molar-refractivity contribution in [3.05, 3.63) is 59.7 Å². The molecule has 0 unspecified atom stereocenters. The SMILES string of the molecule is CC(=O)N1c2ccc(S(=O)(=O)N[C@H](C(=O)N[C@H](C)c3ccccc3)C(C)C)cc2C[C@@H]1C. The van der Waals surface area contributed by atoms with Crippen molar-refractivity contribution in [2.75, 3.05) is 4.90 Å². The molecule has 7 nitrogen and oxygen atoms in total. The zero-order valence-electron chi connectivity index (χ0n) is 19.1. The molecule has 0 fully saturated rings. The summed E-state index contributed by atoms with van der Waals surface area (Å²) in [5.74, 6) is -0.707. The van der Waals surface area contributed by atoms with E-state index in [2.05, 4.69) is 10.0 Å². The average Bonchev–Trinajstić information content (AvgIpc) is 3.07. The fourth-order valence-electron chi connectivity index (χ4n) is 4.11. The predicted octanol–water partition coefficient (Wildman–Crippen LogP) is 3.16. The van der Waals surface area contributed by atoms with Crippen LogP contribution in [0.15, 0.2) is 53.4 Å². The number of hydrogen-bond acceptors (Lipinski definition) is 4. The molecule has 2 aromatic rings. The first kappa shape index (κ1) is 23.9. The number of rotatable bonds is 7. The van der Waals surface area contributed by atoms with E-state index in [0.717, 1.165) is 16.8 Å². The van der Waals surface area contributed by atoms with Crippen LogP contribution in [0.5, 0.6) is 0 Å². The lowest BCUT2D eigenvalue weighted by Gasteiger charge is -2.24. The summed E-state index contributed by atoms with van der Waals surface area (Å²) in [6, 6.07) is 13.0. The summed E-state index contributed by atoms with van der Waals surface area (Å²) in [5, 5.41) is 2.91. The minimum Gasteiger partial charge on any atom is -0.348 e. The molecule has 1 aliphatic heterocycles. The first-order valence-corrected chi connectivity index (χ1v) is 12.3. The van der Waals surface area contributed by atoms with Crippen LogP contribution in [-0.2, 0) is 26.0 Å². The summed E-state index contributed by atoms with van der Waals surface area (Å²) in [6.07, 6.45) is 0.584. The van der Waals surface area contributed by atoms with Crippen molar-refractivity contribution >= 4 is 27.5 Å². The van der Waals surface area contributed by atoms with Gasteiger partial charge in [-0.25, -0.2) is 8.42 Å². The second-order valence-corrected chi connectivity index (χ2v) is 10.4. The summed E-state index contributed by atoms with van der Waals surface area (Å²) in [5.41, 5.74) is 2.48. The van der Waals surface area contributed by atoms with E-state index in [0.29, 0.717) is 6.42 Å². The molecule has 172 valence electrons. The van der Waals surface area contributed by atoms with Gasteiger partial charge in [0.1, 0.15) is 6.04 Å². The molecule has 0 aliphatic carbocycles. The zero-order valence-corrected chi connectivity index (χ0v) is 19.9. The van der Waals surface area contributed by atoms with Gasteiger partial charge in [0.25, 0.3) is 0 Å². The number of nitrogens with zero attached hydrogens (tertiary/aromatic N) is 1. The van der Waals surface area contributed by atoms with Crippen LogP contribution in [0.4, 0.5) is 5.69 Å². The highest BCUT2D eigenvalue weighted by molar-refractivity contribution is 7.89. The Balaban J connectivity index is 1.80. The third-order valence-corrected chi connectivity index (χ3v) is 7.24. The van der Waals surface area contributed by atoms with Crippen LogP contribution in [0.25, 0.3) is 0 Å². The first-order chi connectivity index (χ1) is 15.0. The van der Waals surface area contributed by atoms with Crippen molar-refractivity contribution in [1.82, 2.24) is 10.0 Å². The third-order valence-electron chi connectivity index (χ3n) is 5.81. The fraction of sp³-hybridized carbons (Fsp3) is 0.417. The van der Waals surface area contributed by atoms with Gasteiger partial charge >= 0.3 is 0 Å². The van der Waals surface area contributed by atoms with E-state index in [1.165, 1.54) is 13.0 Å². The van der Waals surface area contributed by atoms with E-state index in [1.54, 1.807) is 30.9 Å². The molecule has 8 heteroatoms. The Bertz CT molecular complexity index is 1100. The number of sulfonamides is 1. The summed E-state index contributed by atoms with van der Waals surface area (Å²) >= 11 is 0. The molecule has 0 saturated heterocycles. The van der Waals surface area contributed by atoms with Gasteiger partial charge in [-0.15, -0.1) is 0 Å². The van der Waals surface area contributed by atoms with Gasteiger partial charge in [0, 0.05) is 18.7 Å². The lowest BCUT2D eigenvalue weighted by Crippen LogP contribution is -2.50. The van der Waals surface area contributed by atoms with Gasteiger partial charge in [-0.3, -0.25) is 9.59 Å². The maximum absolute atomic E-state index is 13.1. The summed E-state index contributed by atoms with van der Waals surface area (Å²) in [7, 11) is -3.94. The van der Waals surface area contributed by atoms with E-state index >= 15 is 0 Å². The number of amides is 2. The quantitative estimate of drug-likeness (QED) is 0.668. The van der Waals surface area contributed by atoms with Crippen LogP contribution in [0.1, 0.15) is 51.8 Å². The van der Waals surface area contributed by atoms with Gasteiger partial charge < -0.3 is 10.2 Å². The molecule has 0 bridgehead atoms. The molecule has 0 aromatic heterocycles. The van der Waals surface area contributed by atoms with E-state index in [1.807, 2.05) is 44.2 Å². The van der Waals surface area contributed by atoms with Gasteiger partial charge in [0.2, 0.25) is 21.8 Å². The Morgan fingerprint density at radius 1 is 1.06 bits per heavy atom. The standard InChI is InChI=1S/C24H31N3O4S/c1-15(2)23(24(29)25-17(4)19-9-7-6-8-10-19)26-32(30,31)21-11-12-22-20(14-21)13-16(3)27(22)18(5)28/h6-12,14-17,23,26H,13H2,1-5H3,(H,25,29)/t16-,17+,23-/m0/s1. The van der Waals surface area contributed by atoms with Crippen LogP contribution in [-0.4, -0.2) is 32.3 Å². The molecule has 0 radical (unpaired) electrons. The minimum absolute atomic E-state index is 0.0259. The lowest BCUT2D eigenvalue weighted by molar-refractivity contribution is -0.124. The second-order valence-electron chi connectivity index (χ2n) is 8.72. The molecule has 2 amide bonds. The first-order valence-electron chi connectivity index (χ1n) is 10.8. The smallest absolute Gasteiger partial charge is 0.241 e. The molecule has 0 saturated carbocycles. The predicted molar refractivity (Wildman–Crippen MR) is 125 cm³/mol. The van der Waals surface area contributed by atoms with E-state index in [-0.39, 0.29) is 34.7 Å². The Morgan fingerprint density at radius 3 is 2.31 bits per heavy atom.